The van der Waals surface area contributed by atoms with Crippen LogP contribution in [0.3, 0.4) is 0 Å². The molecule has 4 nitrogen and oxygen atoms in total. The molecule has 2 unspecified atom stereocenters. The monoisotopic (exact) mass is 237 g/mol. The first-order chi connectivity index (χ1) is 7.85. The molecule has 0 amide bonds. The summed E-state index contributed by atoms with van der Waals surface area (Å²) in [7, 11) is 0. The normalized spacial score (nSPS) is 32.6. The average Bonchev–Trinajstić information content (AvgIpc) is 2.61. The molecule has 1 aliphatic carbocycles. The SMILES string of the molecule is CCc1nc(C2(N)CC(C)CC(C)(C)C2)no1. The fourth-order valence-electron chi connectivity index (χ4n) is 3.41. The van der Waals surface area contributed by atoms with E-state index in [1.54, 1.807) is 0 Å². The molecule has 1 aliphatic rings. The van der Waals surface area contributed by atoms with Gasteiger partial charge in [0.2, 0.25) is 5.89 Å². The van der Waals surface area contributed by atoms with Gasteiger partial charge in [0.1, 0.15) is 0 Å². The Bertz CT molecular complexity index is 399. The summed E-state index contributed by atoms with van der Waals surface area (Å²) in [5.41, 5.74) is 6.36. The molecule has 0 spiro atoms. The van der Waals surface area contributed by atoms with Crippen LogP contribution in [0.1, 0.15) is 58.7 Å². The van der Waals surface area contributed by atoms with Gasteiger partial charge in [-0.15, -0.1) is 0 Å². The highest BCUT2D eigenvalue weighted by Crippen LogP contribution is 2.46. The lowest BCUT2D eigenvalue weighted by Gasteiger charge is -2.43. The Hall–Kier alpha value is -0.900. The first-order valence-corrected chi connectivity index (χ1v) is 6.46. The third-order valence-corrected chi connectivity index (χ3v) is 3.62. The van der Waals surface area contributed by atoms with E-state index < -0.39 is 5.54 Å². The zero-order valence-electron chi connectivity index (χ0n) is 11.3. The van der Waals surface area contributed by atoms with Crippen LogP contribution in [0.25, 0.3) is 0 Å². The average molecular weight is 237 g/mol. The summed E-state index contributed by atoms with van der Waals surface area (Å²) in [5, 5.41) is 4.07. The van der Waals surface area contributed by atoms with Crippen LogP contribution in [0, 0.1) is 11.3 Å². The number of nitrogens with zero attached hydrogens (tertiary/aromatic N) is 2. The maximum absolute atomic E-state index is 6.53. The van der Waals surface area contributed by atoms with Crippen molar-refractivity contribution in [1.29, 1.82) is 0 Å². The van der Waals surface area contributed by atoms with Gasteiger partial charge in [0, 0.05) is 6.42 Å². The summed E-state index contributed by atoms with van der Waals surface area (Å²) in [6.45, 7) is 8.80. The van der Waals surface area contributed by atoms with Gasteiger partial charge in [0.05, 0.1) is 5.54 Å². The van der Waals surface area contributed by atoms with Crippen LogP contribution in [-0.4, -0.2) is 10.1 Å². The lowest BCUT2D eigenvalue weighted by Crippen LogP contribution is -2.47. The Morgan fingerprint density at radius 1 is 1.41 bits per heavy atom. The molecule has 0 radical (unpaired) electrons. The zero-order chi connectivity index (χ0) is 12.7. The van der Waals surface area contributed by atoms with Crippen LogP contribution in [0.4, 0.5) is 0 Å². The molecular weight excluding hydrogens is 214 g/mol. The van der Waals surface area contributed by atoms with Gasteiger partial charge in [-0.3, -0.25) is 0 Å². The Labute approximate surface area is 103 Å². The third kappa shape index (κ3) is 2.51. The second kappa shape index (κ2) is 4.09. The van der Waals surface area contributed by atoms with Crippen molar-refractivity contribution in [3.05, 3.63) is 11.7 Å². The van der Waals surface area contributed by atoms with Crippen molar-refractivity contribution < 1.29 is 4.52 Å². The van der Waals surface area contributed by atoms with Gasteiger partial charge < -0.3 is 10.3 Å². The van der Waals surface area contributed by atoms with Crippen molar-refractivity contribution in [2.24, 2.45) is 17.1 Å². The number of aryl methyl sites for hydroxylation is 1. The van der Waals surface area contributed by atoms with Crippen molar-refractivity contribution in [3.8, 4) is 0 Å². The molecule has 1 fully saturated rings. The summed E-state index contributed by atoms with van der Waals surface area (Å²) in [4.78, 5) is 4.42. The van der Waals surface area contributed by atoms with Gasteiger partial charge in [0.15, 0.2) is 5.82 Å². The van der Waals surface area contributed by atoms with Crippen molar-refractivity contribution in [2.75, 3.05) is 0 Å². The Balaban J connectivity index is 2.28. The van der Waals surface area contributed by atoms with Crippen molar-refractivity contribution in [3.63, 3.8) is 0 Å². The molecule has 17 heavy (non-hydrogen) atoms. The lowest BCUT2D eigenvalue weighted by molar-refractivity contribution is 0.0997. The van der Waals surface area contributed by atoms with Crippen molar-refractivity contribution in [1.82, 2.24) is 10.1 Å². The topological polar surface area (TPSA) is 64.9 Å². The summed E-state index contributed by atoms with van der Waals surface area (Å²) in [6, 6.07) is 0. The van der Waals surface area contributed by atoms with Crippen molar-refractivity contribution in [2.45, 2.75) is 58.9 Å². The minimum atomic E-state index is -0.419. The van der Waals surface area contributed by atoms with Gasteiger partial charge in [-0.1, -0.05) is 32.9 Å². The molecule has 2 rings (SSSR count). The van der Waals surface area contributed by atoms with E-state index in [1.165, 1.54) is 6.42 Å². The predicted molar refractivity (Wildman–Crippen MR) is 66.3 cm³/mol. The highest BCUT2D eigenvalue weighted by Gasteiger charge is 2.44. The summed E-state index contributed by atoms with van der Waals surface area (Å²) in [5.74, 6) is 1.97. The second-order valence-electron chi connectivity index (χ2n) is 6.38. The molecule has 1 heterocycles. The van der Waals surface area contributed by atoms with Crippen LogP contribution >= 0.6 is 0 Å². The van der Waals surface area contributed by atoms with Gasteiger partial charge in [-0.05, 0) is 30.6 Å². The number of hydrogen-bond acceptors (Lipinski definition) is 4. The van der Waals surface area contributed by atoms with E-state index in [-0.39, 0.29) is 5.41 Å². The molecule has 0 saturated heterocycles. The third-order valence-electron chi connectivity index (χ3n) is 3.62. The van der Waals surface area contributed by atoms with Gasteiger partial charge in [-0.25, -0.2) is 0 Å². The van der Waals surface area contributed by atoms with Crippen LogP contribution in [0.2, 0.25) is 0 Å². The molecule has 4 heteroatoms. The van der Waals surface area contributed by atoms with Gasteiger partial charge >= 0.3 is 0 Å². The van der Waals surface area contributed by atoms with E-state index in [0.29, 0.717) is 17.6 Å². The molecule has 1 saturated carbocycles. The molecule has 2 N–H and O–H groups in total. The molecule has 0 aliphatic heterocycles. The number of rotatable bonds is 2. The predicted octanol–water partition coefficient (Wildman–Crippen LogP) is 2.63. The number of aromatic nitrogens is 2. The summed E-state index contributed by atoms with van der Waals surface area (Å²) < 4.78 is 5.19. The van der Waals surface area contributed by atoms with E-state index in [9.17, 15) is 0 Å². The fraction of sp³-hybridized carbons (Fsp3) is 0.846. The fourth-order valence-corrected chi connectivity index (χ4v) is 3.41. The first-order valence-electron chi connectivity index (χ1n) is 6.46. The minimum absolute atomic E-state index is 0.249. The maximum atomic E-state index is 6.53. The molecule has 0 aromatic carbocycles. The minimum Gasteiger partial charge on any atom is -0.339 e. The van der Waals surface area contributed by atoms with E-state index in [1.807, 2.05) is 6.92 Å². The highest BCUT2D eigenvalue weighted by molar-refractivity contribution is 5.09. The van der Waals surface area contributed by atoms with Crippen LogP contribution in [0.15, 0.2) is 4.52 Å². The summed E-state index contributed by atoms with van der Waals surface area (Å²) in [6.07, 6.45) is 3.85. The highest BCUT2D eigenvalue weighted by atomic mass is 16.5. The second-order valence-corrected chi connectivity index (χ2v) is 6.38. The van der Waals surface area contributed by atoms with Crippen molar-refractivity contribution >= 4 is 0 Å². The van der Waals surface area contributed by atoms with Gasteiger partial charge in [0.25, 0.3) is 0 Å². The number of nitrogens with two attached hydrogens (primary N) is 1. The molecule has 2 atom stereocenters. The quantitative estimate of drug-likeness (QED) is 0.858. The molecule has 0 bridgehead atoms. The first kappa shape index (κ1) is 12.6. The molecule has 1 aromatic heterocycles. The van der Waals surface area contributed by atoms with Crippen LogP contribution < -0.4 is 5.73 Å². The standard InChI is InChI=1S/C13H23N3O/c1-5-10-15-11(16-17-10)13(14)7-9(2)6-12(3,4)8-13/h9H,5-8,14H2,1-4H3. The van der Waals surface area contributed by atoms with E-state index in [2.05, 4.69) is 30.9 Å². The van der Waals surface area contributed by atoms with E-state index >= 15 is 0 Å². The molecule has 96 valence electrons. The molecule has 1 aromatic rings. The maximum Gasteiger partial charge on any atom is 0.226 e. The Morgan fingerprint density at radius 3 is 2.65 bits per heavy atom. The number of hydrogen-bond donors (Lipinski definition) is 1. The van der Waals surface area contributed by atoms with Gasteiger partial charge in [-0.2, -0.15) is 4.98 Å². The van der Waals surface area contributed by atoms with E-state index in [4.69, 9.17) is 10.3 Å². The lowest BCUT2D eigenvalue weighted by atomic mass is 9.64. The zero-order valence-corrected chi connectivity index (χ0v) is 11.3. The van der Waals surface area contributed by atoms with Crippen LogP contribution in [0.5, 0.6) is 0 Å². The van der Waals surface area contributed by atoms with E-state index in [0.717, 1.165) is 19.3 Å². The Kier molecular flexibility index (Phi) is 3.02. The largest absolute Gasteiger partial charge is 0.339 e. The summed E-state index contributed by atoms with van der Waals surface area (Å²) >= 11 is 0. The van der Waals surface area contributed by atoms with Crippen LogP contribution in [-0.2, 0) is 12.0 Å². The smallest absolute Gasteiger partial charge is 0.226 e. The molecular formula is C13H23N3O. The Morgan fingerprint density at radius 2 is 2.12 bits per heavy atom.